The van der Waals surface area contributed by atoms with Crippen molar-refractivity contribution in [2.24, 2.45) is 11.8 Å². The Kier molecular flexibility index (Phi) is 4.43. The summed E-state index contributed by atoms with van der Waals surface area (Å²) in [5.74, 6) is 1.48. The predicted octanol–water partition coefficient (Wildman–Crippen LogP) is 3.45. The average molecular weight is 367 g/mol. The number of amides is 1. The first kappa shape index (κ1) is 17.2. The number of pyridine rings is 1. The van der Waals surface area contributed by atoms with Crippen molar-refractivity contribution in [3.05, 3.63) is 36.3 Å². The molecule has 0 unspecified atom stereocenters. The van der Waals surface area contributed by atoms with Gasteiger partial charge >= 0.3 is 0 Å². The summed E-state index contributed by atoms with van der Waals surface area (Å²) >= 11 is 0. The lowest BCUT2D eigenvalue weighted by molar-refractivity contribution is -0.0519. The number of likely N-dealkylation sites (tertiary alicyclic amines) is 1. The highest BCUT2D eigenvalue weighted by Crippen LogP contribution is 2.40. The van der Waals surface area contributed by atoms with E-state index in [1.165, 1.54) is 45.1 Å². The van der Waals surface area contributed by atoms with Gasteiger partial charge in [0, 0.05) is 50.3 Å². The number of hydrogen-bond acceptors (Lipinski definition) is 3. The van der Waals surface area contributed by atoms with Crippen molar-refractivity contribution in [3.8, 4) is 0 Å². The van der Waals surface area contributed by atoms with Crippen molar-refractivity contribution in [2.45, 2.75) is 57.5 Å². The number of nitrogens with zero attached hydrogens (tertiary/aromatic N) is 4. The van der Waals surface area contributed by atoms with Gasteiger partial charge in [0.1, 0.15) is 5.65 Å². The molecule has 5 nitrogen and oxygen atoms in total. The molecule has 5 heteroatoms. The second kappa shape index (κ2) is 6.93. The van der Waals surface area contributed by atoms with Crippen LogP contribution in [0.3, 0.4) is 0 Å². The lowest BCUT2D eigenvalue weighted by Crippen LogP contribution is -2.62. The zero-order valence-electron chi connectivity index (χ0n) is 16.3. The Morgan fingerprint density at radius 3 is 3.04 bits per heavy atom. The van der Waals surface area contributed by atoms with Crippen LogP contribution in [0, 0.1) is 11.8 Å². The third-order valence-corrected chi connectivity index (χ3v) is 7.06. The molecule has 0 N–H and O–H groups in total. The standard InChI is InChI=1S/C22H30N4O/c1-2-4-19-5-3-6-20-18-11-16(13-26(19)20)12-25(15-18)22(27)17-7-8-21-23-9-10-24(21)14-17/h7-10,14,16,18-20H,2-6,11-13,15H2,1H3/t16-,18+,19-,20-/m0/s1. The fraction of sp³-hybridized carbons (Fsp3) is 0.636. The van der Waals surface area contributed by atoms with E-state index in [0.29, 0.717) is 17.9 Å². The second-order valence-electron chi connectivity index (χ2n) is 8.82. The van der Waals surface area contributed by atoms with Gasteiger partial charge in [-0.05, 0) is 49.7 Å². The van der Waals surface area contributed by atoms with E-state index in [1.54, 1.807) is 6.20 Å². The predicted molar refractivity (Wildman–Crippen MR) is 106 cm³/mol. The lowest BCUT2D eigenvalue weighted by Gasteiger charge is -2.55. The largest absolute Gasteiger partial charge is 0.338 e. The van der Waals surface area contributed by atoms with E-state index < -0.39 is 0 Å². The summed E-state index contributed by atoms with van der Waals surface area (Å²) in [6, 6.07) is 5.35. The van der Waals surface area contributed by atoms with Gasteiger partial charge in [0.25, 0.3) is 5.91 Å². The van der Waals surface area contributed by atoms with E-state index in [2.05, 4.69) is 21.7 Å². The Bertz CT molecular complexity index is 829. The van der Waals surface area contributed by atoms with Gasteiger partial charge in [-0.3, -0.25) is 9.69 Å². The molecular formula is C22H30N4O. The molecule has 27 heavy (non-hydrogen) atoms. The Balaban J connectivity index is 1.34. The molecule has 3 fully saturated rings. The molecule has 1 amide bonds. The zero-order valence-corrected chi connectivity index (χ0v) is 16.3. The quantitative estimate of drug-likeness (QED) is 0.835. The minimum atomic E-state index is 0.190. The van der Waals surface area contributed by atoms with Crippen molar-refractivity contribution in [1.29, 1.82) is 0 Å². The van der Waals surface area contributed by atoms with E-state index in [4.69, 9.17) is 0 Å². The van der Waals surface area contributed by atoms with Gasteiger partial charge in [-0.15, -0.1) is 0 Å². The van der Waals surface area contributed by atoms with Crippen LogP contribution >= 0.6 is 0 Å². The molecule has 2 bridgehead atoms. The van der Waals surface area contributed by atoms with Gasteiger partial charge in [0.2, 0.25) is 0 Å². The van der Waals surface area contributed by atoms with Crippen molar-refractivity contribution in [3.63, 3.8) is 0 Å². The third kappa shape index (κ3) is 3.06. The van der Waals surface area contributed by atoms with Crippen LogP contribution in [0.2, 0.25) is 0 Å². The molecule has 0 spiro atoms. The molecule has 2 aromatic heterocycles. The Labute approximate surface area is 161 Å². The molecule has 3 aliphatic heterocycles. The third-order valence-electron chi connectivity index (χ3n) is 7.06. The van der Waals surface area contributed by atoms with Gasteiger partial charge < -0.3 is 9.30 Å². The van der Waals surface area contributed by atoms with Crippen LogP contribution in [-0.2, 0) is 0 Å². The van der Waals surface area contributed by atoms with E-state index in [0.717, 1.165) is 30.3 Å². The first-order valence-corrected chi connectivity index (χ1v) is 10.7. The van der Waals surface area contributed by atoms with Crippen LogP contribution in [0.5, 0.6) is 0 Å². The topological polar surface area (TPSA) is 40.9 Å². The highest BCUT2D eigenvalue weighted by molar-refractivity contribution is 5.94. The van der Waals surface area contributed by atoms with Crippen molar-refractivity contribution in [2.75, 3.05) is 19.6 Å². The van der Waals surface area contributed by atoms with E-state index in [1.807, 2.05) is 28.9 Å². The average Bonchev–Trinajstić information content (AvgIpc) is 3.16. The van der Waals surface area contributed by atoms with Crippen LogP contribution in [0.15, 0.2) is 30.7 Å². The summed E-state index contributed by atoms with van der Waals surface area (Å²) in [7, 11) is 0. The summed E-state index contributed by atoms with van der Waals surface area (Å²) in [6.45, 7) is 5.35. The summed E-state index contributed by atoms with van der Waals surface area (Å²) < 4.78 is 1.94. The van der Waals surface area contributed by atoms with Crippen LogP contribution in [-0.4, -0.2) is 56.8 Å². The molecule has 5 rings (SSSR count). The lowest BCUT2D eigenvalue weighted by atomic mass is 9.74. The molecule has 3 saturated heterocycles. The summed E-state index contributed by atoms with van der Waals surface area (Å²) in [5, 5.41) is 0. The van der Waals surface area contributed by atoms with Gasteiger partial charge in [0.15, 0.2) is 0 Å². The molecule has 5 heterocycles. The molecule has 0 aromatic carbocycles. The molecule has 3 aliphatic rings. The molecule has 0 aliphatic carbocycles. The minimum absolute atomic E-state index is 0.190. The molecule has 0 saturated carbocycles. The maximum absolute atomic E-state index is 13.2. The van der Waals surface area contributed by atoms with E-state index in [-0.39, 0.29) is 5.91 Å². The highest BCUT2D eigenvalue weighted by Gasteiger charge is 2.45. The number of imidazole rings is 1. The first-order valence-electron chi connectivity index (χ1n) is 10.7. The maximum Gasteiger partial charge on any atom is 0.255 e. The van der Waals surface area contributed by atoms with Gasteiger partial charge in [-0.25, -0.2) is 4.98 Å². The summed E-state index contributed by atoms with van der Waals surface area (Å²) in [6.07, 6.45) is 13.6. The van der Waals surface area contributed by atoms with Crippen LogP contribution in [0.1, 0.15) is 55.8 Å². The van der Waals surface area contributed by atoms with Crippen LogP contribution in [0.4, 0.5) is 0 Å². The highest BCUT2D eigenvalue weighted by atomic mass is 16.2. The number of carbonyl (C=O) groups excluding carboxylic acids is 1. The fourth-order valence-corrected chi connectivity index (χ4v) is 5.95. The smallest absolute Gasteiger partial charge is 0.255 e. The second-order valence-corrected chi connectivity index (χ2v) is 8.82. The van der Waals surface area contributed by atoms with Crippen molar-refractivity contribution >= 4 is 11.6 Å². The molecule has 4 atom stereocenters. The van der Waals surface area contributed by atoms with Crippen LogP contribution < -0.4 is 0 Å². The van der Waals surface area contributed by atoms with E-state index in [9.17, 15) is 4.79 Å². The Morgan fingerprint density at radius 2 is 2.15 bits per heavy atom. The molecular weight excluding hydrogens is 336 g/mol. The fourth-order valence-electron chi connectivity index (χ4n) is 5.95. The van der Waals surface area contributed by atoms with Gasteiger partial charge in [-0.2, -0.15) is 0 Å². The van der Waals surface area contributed by atoms with Crippen molar-refractivity contribution in [1.82, 2.24) is 19.2 Å². The Hall–Kier alpha value is -1.88. The van der Waals surface area contributed by atoms with Gasteiger partial charge in [0.05, 0.1) is 5.56 Å². The zero-order chi connectivity index (χ0) is 18.4. The normalized spacial score (nSPS) is 31.1. The number of hydrogen-bond donors (Lipinski definition) is 0. The first-order chi connectivity index (χ1) is 13.2. The number of piperidine rings is 3. The summed E-state index contributed by atoms with van der Waals surface area (Å²) in [4.78, 5) is 22.5. The minimum Gasteiger partial charge on any atom is -0.338 e. The maximum atomic E-state index is 13.2. The summed E-state index contributed by atoms with van der Waals surface area (Å²) in [5.41, 5.74) is 1.67. The monoisotopic (exact) mass is 366 g/mol. The van der Waals surface area contributed by atoms with Crippen LogP contribution in [0.25, 0.3) is 5.65 Å². The number of aromatic nitrogens is 2. The molecule has 144 valence electrons. The number of fused-ring (bicyclic) bond motifs is 5. The van der Waals surface area contributed by atoms with Crippen molar-refractivity contribution < 1.29 is 4.79 Å². The SMILES string of the molecule is CCC[C@H]1CCC[C@H]2[C@@H]3C[C@@H](CN(C(=O)c4ccc5nccn5c4)C3)CN12. The molecule has 2 aromatic rings. The van der Waals surface area contributed by atoms with E-state index >= 15 is 0 Å². The molecule has 0 radical (unpaired) electrons. The number of carbonyl (C=O) groups is 1. The Morgan fingerprint density at radius 1 is 1.22 bits per heavy atom. The van der Waals surface area contributed by atoms with Gasteiger partial charge in [-0.1, -0.05) is 19.8 Å². The number of rotatable bonds is 3.